The summed E-state index contributed by atoms with van der Waals surface area (Å²) in [5.74, 6) is -0.839. The molecule has 2 amide bonds. The average Bonchev–Trinajstić information content (AvgIpc) is 2.87. The first-order valence-corrected chi connectivity index (χ1v) is 10.6. The molecule has 4 aromatic carbocycles. The van der Waals surface area contributed by atoms with E-state index in [1.807, 2.05) is 48.5 Å². The van der Waals surface area contributed by atoms with Crippen LogP contribution in [-0.4, -0.2) is 22.8 Å². The summed E-state index contributed by atoms with van der Waals surface area (Å²) in [7, 11) is 0. The molecule has 4 rings (SSSR count). The second-order valence-corrected chi connectivity index (χ2v) is 7.66. The lowest BCUT2D eigenvalue weighted by Crippen LogP contribution is -2.49. The van der Waals surface area contributed by atoms with Crippen molar-refractivity contribution in [3.05, 3.63) is 118 Å². The predicted molar refractivity (Wildman–Crippen MR) is 130 cm³/mol. The molecule has 0 aliphatic heterocycles. The van der Waals surface area contributed by atoms with Crippen LogP contribution in [0, 0.1) is 10.1 Å². The predicted octanol–water partition coefficient (Wildman–Crippen LogP) is 4.23. The molecule has 0 saturated heterocycles. The van der Waals surface area contributed by atoms with Crippen molar-refractivity contribution < 1.29 is 14.5 Å². The highest BCUT2D eigenvalue weighted by Gasteiger charge is 2.23. The number of carbonyl (C=O) groups excluding carboxylic acids is 2. The largest absolute Gasteiger partial charge is 0.340 e. The molecule has 0 heterocycles. The van der Waals surface area contributed by atoms with Crippen LogP contribution < -0.4 is 16.2 Å². The summed E-state index contributed by atoms with van der Waals surface area (Å²) >= 11 is 0. The standard InChI is InChI=1S/C26H22N4O4/c31-25(23-12-6-8-19-7-4-5-11-22(19)23)27-24(17-18-13-15-21(16-14-18)30(33)34)26(32)29-28-20-9-2-1-3-10-20/h1-16,24,28H,17H2,(H,27,31)(H,29,32)/t24-/m0/s1. The van der Waals surface area contributed by atoms with Crippen LogP contribution >= 0.6 is 0 Å². The zero-order chi connectivity index (χ0) is 23.9. The van der Waals surface area contributed by atoms with E-state index >= 15 is 0 Å². The van der Waals surface area contributed by atoms with Crippen molar-refractivity contribution in [3.63, 3.8) is 0 Å². The summed E-state index contributed by atoms with van der Waals surface area (Å²) < 4.78 is 0. The van der Waals surface area contributed by atoms with E-state index in [1.165, 1.54) is 12.1 Å². The number of non-ortho nitro benzene ring substituents is 1. The number of para-hydroxylation sites is 1. The van der Waals surface area contributed by atoms with Crippen LogP contribution in [0.2, 0.25) is 0 Å². The van der Waals surface area contributed by atoms with Gasteiger partial charge in [0.2, 0.25) is 0 Å². The second kappa shape index (κ2) is 10.3. The number of hydrogen-bond acceptors (Lipinski definition) is 5. The van der Waals surface area contributed by atoms with Gasteiger partial charge in [-0.05, 0) is 34.5 Å². The SMILES string of the molecule is O=C(N[C@@H](Cc1ccc([N+](=O)[O-])cc1)C(=O)NNc1ccccc1)c1cccc2ccccc12. The lowest BCUT2D eigenvalue weighted by Gasteiger charge is -2.20. The number of benzene rings is 4. The highest BCUT2D eigenvalue weighted by atomic mass is 16.6. The fraction of sp³-hybridized carbons (Fsp3) is 0.0769. The Bertz CT molecular complexity index is 1320. The first kappa shape index (κ1) is 22.5. The van der Waals surface area contributed by atoms with Crippen molar-refractivity contribution in [1.82, 2.24) is 10.7 Å². The minimum absolute atomic E-state index is 0.0460. The molecule has 0 aromatic heterocycles. The number of hydrazine groups is 1. The zero-order valence-electron chi connectivity index (χ0n) is 18.1. The molecule has 0 aliphatic rings. The van der Waals surface area contributed by atoms with Gasteiger partial charge < -0.3 is 5.32 Å². The second-order valence-electron chi connectivity index (χ2n) is 7.66. The summed E-state index contributed by atoms with van der Waals surface area (Å²) in [5, 5.41) is 15.5. The molecule has 0 fully saturated rings. The van der Waals surface area contributed by atoms with Crippen molar-refractivity contribution in [2.24, 2.45) is 0 Å². The topological polar surface area (TPSA) is 113 Å². The van der Waals surface area contributed by atoms with Gasteiger partial charge in [-0.1, -0.05) is 66.7 Å². The average molecular weight is 454 g/mol. The molecule has 8 nitrogen and oxygen atoms in total. The Morgan fingerprint density at radius 2 is 1.50 bits per heavy atom. The van der Waals surface area contributed by atoms with E-state index in [4.69, 9.17) is 0 Å². The van der Waals surface area contributed by atoms with Crippen LogP contribution in [0.3, 0.4) is 0 Å². The highest BCUT2D eigenvalue weighted by Crippen LogP contribution is 2.19. The molecule has 8 heteroatoms. The minimum Gasteiger partial charge on any atom is -0.340 e. The first-order valence-electron chi connectivity index (χ1n) is 10.6. The number of nitro benzene ring substituents is 1. The van der Waals surface area contributed by atoms with E-state index in [0.29, 0.717) is 16.8 Å². The van der Waals surface area contributed by atoms with Gasteiger partial charge in [-0.2, -0.15) is 0 Å². The number of fused-ring (bicyclic) bond motifs is 1. The summed E-state index contributed by atoms with van der Waals surface area (Å²) in [5.41, 5.74) is 7.23. The molecule has 0 saturated carbocycles. The lowest BCUT2D eigenvalue weighted by molar-refractivity contribution is -0.384. The van der Waals surface area contributed by atoms with Crippen molar-refractivity contribution >= 4 is 34.0 Å². The Balaban J connectivity index is 1.56. The number of anilines is 1. The number of nitrogens with one attached hydrogen (secondary N) is 3. The third kappa shape index (κ3) is 5.36. The first-order chi connectivity index (χ1) is 16.5. The Morgan fingerprint density at radius 1 is 0.824 bits per heavy atom. The van der Waals surface area contributed by atoms with E-state index in [2.05, 4.69) is 16.2 Å². The third-order valence-corrected chi connectivity index (χ3v) is 5.35. The van der Waals surface area contributed by atoms with Gasteiger partial charge in [-0.15, -0.1) is 0 Å². The van der Waals surface area contributed by atoms with Gasteiger partial charge in [-0.3, -0.25) is 30.6 Å². The molecule has 0 bridgehead atoms. The molecule has 3 N–H and O–H groups in total. The van der Waals surface area contributed by atoms with E-state index in [1.54, 1.807) is 36.4 Å². The molecular formula is C26H22N4O4. The number of rotatable bonds is 8. The van der Waals surface area contributed by atoms with Crippen LogP contribution in [0.1, 0.15) is 15.9 Å². The molecule has 0 spiro atoms. The molecule has 0 aliphatic carbocycles. The lowest BCUT2D eigenvalue weighted by atomic mass is 10.0. The van der Waals surface area contributed by atoms with E-state index in [0.717, 1.165) is 10.8 Å². The van der Waals surface area contributed by atoms with E-state index in [9.17, 15) is 19.7 Å². The number of amides is 2. The van der Waals surface area contributed by atoms with Crippen LogP contribution in [-0.2, 0) is 11.2 Å². The maximum Gasteiger partial charge on any atom is 0.269 e. The quantitative estimate of drug-likeness (QED) is 0.272. The van der Waals surface area contributed by atoms with Crippen LogP contribution in [0.5, 0.6) is 0 Å². The summed E-state index contributed by atoms with van der Waals surface area (Å²) in [6, 6.07) is 27.0. The normalized spacial score (nSPS) is 11.4. The minimum atomic E-state index is -0.927. The van der Waals surface area contributed by atoms with Crippen LogP contribution in [0.25, 0.3) is 10.8 Å². The Kier molecular flexibility index (Phi) is 6.78. The highest BCUT2D eigenvalue weighted by molar-refractivity contribution is 6.08. The van der Waals surface area contributed by atoms with Gasteiger partial charge in [0.25, 0.3) is 17.5 Å². The maximum absolute atomic E-state index is 13.2. The number of carbonyl (C=O) groups is 2. The Hall–Kier alpha value is -4.72. The van der Waals surface area contributed by atoms with E-state index < -0.39 is 22.8 Å². The van der Waals surface area contributed by atoms with Crippen molar-refractivity contribution in [1.29, 1.82) is 0 Å². The fourth-order valence-corrected chi connectivity index (χ4v) is 3.60. The zero-order valence-corrected chi connectivity index (χ0v) is 18.1. The molecule has 1 atom stereocenters. The van der Waals surface area contributed by atoms with Crippen molar-refractivity contribution in [3.8, 4) is 0 Å². The Morgan fingerprint density at radius 3 is 2.24 bits per heavy atom. The summed E-state index contributed by atoms with van der Waals surface area (Å²) in [6.07, 6.45) is 0.150. The van der Waals surface area contributed by atoms with E-state index in [-0.39, 0.29) is 12.1 Å². The molecule has 4 aromatic rings. The number of nitro groups is 1. The number of nitrogens with zero attached hydrogens (tertiary/aromatic N) is 1. The molecule has 0 unspecified atom stereocenters. The van der Waals surface area contributed by atoms with Gasteiger partial charge in [0.05, 0.1) is 10.6 Å². The summed E-state index contributed by atoms with van der Waals surface area (Å²) in [6.45, 7) is 0. The monoisotopic (exact) mass is 454 g/mol. The third-order valence-electron chi connectivity index (χ3n) is 5.35. The van der Waals surface area contributed by atoms with Crippen molar-refractivity contribution in [2.75, 3.05) is 5.43 Å². The van der Waals surface area contributed by atoms with Crippen LogP contribution in [0.15, 0.2) is 97.1 Å². The smallest absolute Gasteiger partial charge is 0.269 e. The van der Waals surface area contributed by atoms with Gasteiger partial charge in [0.15, 0.2) is 0 Å². The molecule has 34 heavy (non-hydrogen) atoms. The van der Waals surface area contributed by atoms with Crippen molar-refractivity contribution in [2.45, 2.75) is 12.5 Å². The molecular weight excluding hydrogens is 432 g/mol. The molecule has 0 radical (unpaired) electrons. The fourth-order valence-electron chi connectivity index (χ4n) is 3.60. The van der Waals surface area contributed by atoms with Gasteiger partial charge in [-0.25, -0.2) is 0 Å². The number of hydrogen-bond donors (Lipinski definition) is 3. The van der Waals surface area contributed by atoms with Gasteiger partial charge in [0.1, 0.15) is 6.04 Å². The summed E-state index contributed by atoms with van der Waals surface area (Å²) in [4.78, 5) is 36.7. The Labute approximate surface area is 195 Å². The van der Waals surface area contributed by atoms with Crippen LogP contribution in [0.4, 0.5) is 11.4 Å². The molecule has 170 valence electrons. The van der Waals surface area contributed by atoms with Gasteiger partial charge in [0, 0.05) is 24.1 Å². The maximum atomic E-state index is 13.2. The van der Waals surface area contributed by atoms with Gasteiger partial charge >= 0.3 is 0 Å².